The van der Waals surface area contributed by atoms with Crippen LogP contribution in [-0.4, -0.2) is 46.0 Å². The number of fused-ring (bicyclic) bond motifs is 1. The van der Waals surface area contributed by atoms with Crippen molar-refractivity contribution in [1.82, 2.24) is 19.9 Å². The van der Waals surface area contributed by atoms with E-state index in [4.69, 9.17) is 9.97 Å². The van der Waals surface area contributed by atoms with E-state index < -0.39 is 0 Å². The molecular formula is C28H25N5S. The Labute approximate surface area is 203 Å². The molecule has 5 nitrogen and oxygen atoms in total. The molecule has 2 aromatic carbocycles. The molecule has 0 unspecified atom stereocenters. The molecule has 0 N–H and O–H groups in total. The standard InChI is InChI=1S/C28H25N5S/c1-3-9-21(10-4-1)19-32-15-17-33(18-16-32)27-25-23(22-11-5-2-6-12-22)20-34-28(25)31-26(30-27)24-13-7-8-14-29-24/h1-14,20H,15-19H2. The zero-order chi connectivity index (χ0) is 22.7. The summed E-state index contributed by atoms with van der Waals surface area (Å²) >= 11 is 1.68. The van der Waals surface area contributed by atoms with Crippen molar-refractivity contribution in [1.29, 1.82) is 0 Å². The summed E-state index contributed by atoms with van der Waals surface area (Å²) in [6, 6.07) is 27.2. The third-order valence-corrected chi connectivity index (χ3v) is 7.19. The van der Waals surface area contributed by atoms with Crippen molar-refractivity contribution in [3.63, 3.8) is 0 Å². The highest BCUT2D eigenvalue weighted by Crippen LogP contribution is 2.39. The van der Waals surface area contributed by atoms with Gasteiger partial charge < -0.3 is 4.90 Å². The summed E-state index contributed by atoms with van der Waals surface area (Å²) in [7, 11) is 0. The maximum atomic E-state index is 5.10. The summed E-state index contributed by atoms with van der Waals surface area (Å²) < 4.78 is 0. The lowest BCUT2D eigenvalue weighted by molar-refractivity contribution is 0.249. The van der Waals surface area contributed by atoms with E-state index in [0.29, 0.717) is 5.82 Å². The van der Waals surface area contributed by atoms with Crippen LogP contribution in [0.3, 0.4) is 0 Å². The van der Waals surface area contributed by atoms with E-state index >= 15 is 0 Å². The molecule has 0 saturated carbocycles. The minimum absolute atomic E-state index is 0.691. The van der Waals surface area contributed by atoms with Crippen molar-refractivity contribution in [2.45, 2.75) is 6.54 Å². The first-order valence-corrected chi connectivity index (χ1v) is 12.5. The van der Waals surface area contributed by atoms with Crippen molar-refractivity contribution in [3.8, 4) is 22.6 Å². The van der Waals surface area contributed by atoms with E-state index in [2.05, 4.69) is 80.8 Å². The molecule has 1 aliphatic rings. The van der Waals surface area contributed by atoms with E-state index in [1.165, 1.54) is 16.7 Å². The lowest BCUT2D eigenvalue weighted by Crippen LogP contribution is -2.46. The topological polar surface area (TPSA) is 45.2 Å². The van der Waals surface area contributed by atoms with Gasteiger partial charge >= 0.3 is 0 Å². The first-order chi connectivity index (χ1) is 16.8. The number of anilines is 1. The molecule has 1 saturated heterocycles. The molecule has 1 aliphatic heterocycles. The molecule has 34 heavy (non-hydrogen) atoms. The molecule has 3 aromatic heterocycles. The van der Waals surface area contributed by atoms with Crippen molar-refractivity contribution in [2.75, 3.05) is 31.1 Å². The van der Waals surface area contributed by atoms with Gasteiger partial charge in [0.25, 0.3) is 0 Å². The lowest BCUT2D eigenvalue weighted by atomic mass is 10.1. The predicted molar refractivity (Wildman–Crippen MR) is 140 cm³/mol. The second kappa shape index (κ2) is 9.33. The van der Waals surface area contributed by atoms with E-state index in [9.17, 15) is 0 Å². The fourth-order valence-electron chi connectivity index (χ4n) is 4.55. The molecule has 0 amide bonds. The highest BCUT2D eigenvalue weighted by atomic mass is 32.1. The number of pyridine rings is 1. The summed E-state index contributed by atoms with van der Waals surface area (Å²) in [5, 5.41) is 3.36. The molecule has 0 bridgehead atoms. The van der Waals surface area contributed by atoms with Crippen molar-refractivity contribution in [3.05, 3.63) is 96.0 Å². The number of hydrogen-bond acceptors (Lipinski definition) is 6. The molecule has 4 heterocycles. The minimum Gasteiger partial charge on any atom is -0.353 e. The van der Waals surface area contributed by atoms with Crippen LogP contribution in [0, 0.1) is 0 Å². The summed E-state index contributed by atoms with van der Waals surface area (Å²) in [5.74, 6) is 1.71. The number of thiophene rings is 1. The van der Waals surface area contributed by atoms with Gasteiger partial charge in [0.15, 0.2) is 5.82 Å². The third kappa shape index (κ3) is 4.18. The third-order valence-electron chi connectivity index (χ3n) is 6.31. The van der Waals surface area contributed by atoms with Crippen molar-refractivity contribution >= 4 is 27.4 Å². The molecular weight excluding hydrogens is 438 g/mol. The van der Waals surface area contributed by atoms with Gasteiger partial charge in [-0.2, -0.15) is 0 Å². The molecule has 0 atom stereocenters. The summed E-state index contributed by atoms with van der Waals surface area (Å²) in [5.41, 5.74) is 4.58. The second-order valence-corrected chi connectivity index (χ2v) is 9.39. The quantitative estimate of drug-likeness (QED) is 0.332. The van der Waals surface area contributed by atoms with Crippen LogP contribution in [0.4, 0.5) is 5.82 Å². The molecule has 0 radical (unpaired) electrons. The number of aromatic nitrogens is 3. The highest BCUT2D eigenvalue weighted by molar-refractivity contribution is 7.17. The first kappa shape index (κ1) is 21.0. The molecule has 6 rings (SSSR count). The highest BCUT2D eigenvalue weighted by Gasteiger charge is 2.24. The van der Waals surface area contributed by atoms with Gasteiger partial charge in [-0.25, -0.2) is 9.97 Å². The summed E-state index contributed by atoms with van der Waals surface area (Å²) in [6.07, 6.45) is 1.80. The molecule has 0 spiro atoms. The zero-order valence-corrected chi connectivity index (χ0v) is 19.7. The Morgan fingerprint density at radius 1 is 0.765 bits per heavy atom. The Hall–Kier alpha value is -3.61. The Morgan fingerprint density at radius 2 is 1.50 bits per heavy atom. The van der Waals surface area contributed by atoms with Gasteiger partial charge in [-0.15, -0.1) is 11.3 Å². The number of hydrogen-bond donors (Lipinski definition) is 0. The van der Waals surface area contributed by atoms with Crippen LogP contribution in [0.5, 0.6) is 0 Å². The second-order valence-electron chi connectivity index (χ2n) is 8.53. The molecule has 168 valence electrons. The lowest BCUT2D eigenvalue weighted by Gasteiger charge is -2.36. The van der Waals surface area contributed by atoms with Crippen LogP contribution in [0.15, 0.2) is 90.4 Å². The van der Waals surface area contributed by atoms with Gasteiger partial charge in [0.1, 0.15) is 16.3 Å². The van der Waals surface area contributed by atoms with Crippen molar-refractivity contribution < 1.29 is 0 Å². The Bertz CT molecular complexity index is 1380. The Balaban J connectivity index is 1.37. The normalized spacial score (nSPS) is 14.5. The minimum atomic E-state index is 0.691. The van der Waals surface area contributed by atoms with Crippen LogP contribution in [0.2, 0.25) is 0 Å². The van der Waals surface area contributed by atoms with Gasteiger partial charge in [-0.3, -0.25) is 9.88 Å². The van der Waals surface area contributed by atoms with Crippen LogP contribution in [0.1, 0.15) is 5.56 Å². The first-order valence-electron chi connectivity index (χ1n) is 11.6. The SMILES string of the molecule is c1ccc(CN2CCN(c3nc(-c4ccccn4)nc4scc(-c5ccccc5)c34)CC2)cc1. The van der Waals surface area contributed by atoms with E-state index in [-0.39, 0.29) is 0 Å². The Kier molecular flexibility index (Phi) is 5.75. The van der Waals surface area contributed by atoms with Crippen LogP contribution >= 0.6 is 11.3 Å². The summed E-state index contributed by atoms with van der Waals surface area (Å²) in [4.78, 5) is 20.5. The molecule has 1 fully saturated rings. The van der Waals surface area contributed by atoms with Gasteiger partial charge in [-0.1, -0.05) is 66.7 Å². The fourth-order valence-corrected chi connectivity index (χ4v) is 5.49. The van der Waals surface area contributed by atoms with Crippen LogP contribution in [0.25, 0.3) is 32.9 Å². The largest absolute Gasteiger partial charge is 0.353 e. The van der Waals surface area contributed by atoms with Gasteiger partial charge in [-0.05, 0) is 23.3 Å². The smallest absolute Gasteiger partial charge is 0.181 e. The van der Waals surface area contributed by atoms with Crippen LogP contribution in [-0.2, 0) is 6.54 Å². The predicted octanol–water partition coefficient (Wildman–Crippen LogP) is 5.74. The maximum Gasteiger partial charge on any atom is 0.181 e. The molecule has 0 aliphatic carbocycles. The van der Waals surface area contributed by atoms with E-state index in [1.54, 1.807) is 17.5 Å². The Morgan fingerprint density at radius 3 is 2.24 bits per heavy atom. The maximum absolute atomic E-state index is 5.10. The van der Waals surface area contributed by atoms with Gasteiger partial charge in [0, 0.05) is 49.9 Å². The number of benzene rings is 2. The average Bonchev–Trinajstić information content (AvgIpc) is 3.35. The van der Waals surface area contributed by atoms with E-state index in [1.807, 2.05) is 18.2 Å². The average molecular weight is 464 g/mol. The molecule has 6 heteroatoms. The fraction of sp³-hybridized carbons (Fsp3) is 0.179. The van der Waals surface area contributed by atoms with E-state index in [0.717, 1.165) is 54.5 Å². The monoisotopic (exact) mass is 463 g/mol. The number of nitrogens with zero attached hydrogens (tertiary/aromatic N) is 5. The van der Waals surface area contributed by atoms with Gasteiger partial charge in [0.05, 0.1) is 5.39 Å². The number of piperazine rings is 1. The summed E-state index contributed by atoms with van der Waals surface area (Å²) in [6.45, 7) is 4.87. The molecule has 5 aromatic rings. The van der Waals surface area contributed by atoms with Crippen LogP contribution < -0.4 is 4.90 Å². The number of rotatable bonds is 5. The van der Waals surface area contributed by atoms with Crippen molar-refractivity contribution in [2.24, 2.45) is 0 Å². The van der Waals surface area contributed by atoms with Gasteiger partial charge in [0.2, 0.25) is 0 Å². The zero-order valence-electron chi connectivity index (χ0n) is 18.8.